The van der Waals surface area contributed by atoms with Gasteiger partial charge in [-0.05, 0) is 6.92 Å². The van der Waals surface area contributed by atoms with Crippen molar-refractivity contribution in [2.75, 3.05) is 6.54 Å². The monoisotopic (exact) mass is 201 g/mol. The number of amides is 1. The van der Waals surface area contributed by atoms with Crippen LogP contribution >= 0.6 is 0 Å². The Morgan fingerprint density at radius 3 is 2.00 bits per heavy atom. The number of carboxylic acids is 1. The van der Waals surface area contributed by atoms with Gasteiger partial charge in [-0.3, -0.25) is 4.79 Å². The summed E-state index contributed by atoms with van der Waals surface area (Å²) in [5, 5.41) is 10.8. The van der Waals surface area contributed by atoms with E-state index in [-0.39, 0.29) is 18.0 Å². The Morgan fingerprint density at radius 1 is 1.29 bits per heavy atom. The van der Waals surface area contributed by atoms with Crippen LogP contribution in [-0.4, -0.2) is 23.5 Å². The number of hydrogen-bond donors (Lipinski definition) is 2. The summed E-state index contributed by atoms with van der Waals surface area (Å²) < 4.78 is 0. The third-order valence-electron chi connectivity index (χ3n) is 1.10. The molecule has 0 radical (unpaired) electrons. The molecule has 2 N–H and O–H groups in total. The molecule has 0 aromatic carbocycles. The minimum Gasteiger partial charge on any atom is -0.478 e. The minimum atomic E-state index is -0.963. The Bertz CT molecular complexity index is 209. The number of carbonyl (C=O) groups excluding carboxylic acids is 1. The van der Waals surface area contributed by atoms with E-state index in [9.17, 15) is 9.59 Å². The fraction of sp³-hybridized carbons (Fsp3) is 0.600. The molecule has 0 unspecified atom stereocenters. The molecule has 0 atom stereocenters. The van der Waals surface area contributed by atoms with E-state index in [0.29, 0.717) is 0 Å². The second-order valence-electron chi connectivity index (χ2n) is 2.84. The van der Waals surface area contributed by atoms with E-state index in [1.807, 2.05) is 0 Å². The molecule has 0 saturated carbocycles. The molecular weight excluding hydrogens is 182 g/mol. The zero-order valence-electron chi connectivity index (χ0n) is 9.26. The molecule has 0 aliphatic carbocycles. The highest BCUT2D eigenvalue weighted by Crippen LogP contribution is 1.89. The normalized spacial score (nSPS) is 9.86. The van der Waals surface area contributed by atoms with Gasteiger partial charge in [-0.15, -0.1) is 0 Å². The summed E-state index contributed by atoms with van der Waals surface area (Å²) in [4.78, 5) is 20.5. The van der Waals surface area contributed by atoms with Crippen molar-refractivity contribution in [2.45, 2.75) is 34.1 Å². The maximum absolute atomic E-state index is 10.3. The third kappa shape index (κ3) is 13.3. The topological polar surface area (TPSA) is 66.4 Å². The molecule has 0 spiro atoms. The maximum Gasteiger partial charge on any atom is 0.331 e. The van der Waals surface area contributed by atoms with Crippen molar-refractivity contribution in [1.82, 2.24) is 5.32 Å². The average Bonchev–Trinajstić information content (AvgIpc) is 2.04. The average molecular weight is 201 g/mol. The molecule has 0 bridgehead atoms. The molecule has 0 aromatic heterocycles. The molecule has 14 heavy (non-hydrogen) atoms. The fourth-order valence-electron chi connectivity index (χ4n) is 0.435. The van der Waals surface area contributed by atoms with Gasteiger partial charge in [0, 0.05) is 19.0 Å². The molecule has 0 rings (SSSR count). The van der Waals surface area contributed by atoms with Gasteiger partial charge in [-0.1, -0.05) is 26.3 Å². The van der Waals surface area contributed by atoms with Crippen molar-refractivity contribution in [2.24, 2.45) is 0 Å². The van der Waals surface area contributed by atoms with Crippen molar-refractivity contribution < 1.29 is 14.7 Å². The van der Waals surface area contributed by atoms with E-state index < -0.39 is 5.97 Å². The number of nitrogens with one attached hydrogen (secondary N) is 1. The van der Waals surface area contributed by atoms with Gasteiger partial charge in [0.2, 0.25) is 5.91 Å². The molecule has 0 heterocycles. The van der Waals surface area contributed by atoms with Crippen molar-refractivity contribution in [3.8, 4) is 0 Å². The van der Waals surface area contributed by atoms with Crippen LogP contribution in [0.25, 0.3) is 0 Å². The molecule has 0 aliphatic heterocycles. The summed E-state index contributed by atoms with van der Waals surface area (Å²) in [6, 6.07) is 0. The molecular formula is C10H19NO3. The van der Waals surface area contributed by atoms with Gasteiger partial charge in [0.25, 0.3) is 0 Å². The van der Waals surface area contributed by atoms with Crippen molar-refractivity contribution in [3.05, 3.63) is 11.6 Å². The van der Waals surface area contributed by atoms with E-state index in [2.05, 4.69) is 19.2 Å². The van der Waals surface area contributed by atoms with Gasteiger partial charge >= 0.3 is 5.97 Å². The third-order valence-corrected chi connectivity index (χ3v) is 1.10. The lowest BCUT2D eigenvalue weighted by Gasteiger charge is -1.95. The van der Waals surface area contributed by atoms with Gasteiger partial charge < -0.3 is 10.4 Å². The molecule has 0 aliphatic rings. The van der Waals surface area contributed by atoms with E-state index in [1.165, 1.54) is 26.3 Å². The van der Waals surface area contributed by atoms with Crippen LogP contribution in [0, 0.1) is 0 Å². The van der Waals surface area contributed by atoms with Crippen molar-refractivity contribution in [3.63, 3.8) is 0 Å². The number of carbonyl (C=O) groups is 2. The van der Waals surface area contributed by atoms with Crippen molar-refractivity contribution in [1.29, 1.82) is 0 Å². The summed E-state index contributed by atoms with van der Waals surface area (Å²) in [5.41, 5.74) is 0.235. The molecule has 4 heteroatoms. The van der Waals surface area contributed by atoms with E-state index in [1.54, 1.807) is 0 Å². The van der Waals surface area contributed by atoms with Crippen LogP contribution in [0.15, 0.2) is 11.6 Å². The van der Waals surface area contributed by atoms with E-state index >= 15 is 0 Å². The van der Waals surface area contributed by atoms with Crippen LogP contribution < -0.4 is 5.32 Å². The summed E-state index contributed by atoms with van der Waals surface area (Å²) >= 11 is 0. The number of hydrogen-bond acceptors (Lipinski definition) is 2. The summed E-state index contributed by atoms with van der Waals surface area (Å²) in [7, 11) is 0. The first-order valence-electron chi connectivity index (χ1n) is 4.60. The fourth-order valence-corrected chi connectivity index (χ4v) is 0.435. The molecule has 4 nitrogen and oxygen atoms in total. The molecule has 82 valence electrons. The lowest BCUT2D eigenvalue weighted by atomic mass is 10.3. The SMILES string of the molecule is CC(=O)NC/C=C(\C)C(=O)O.CCC. The number of carboxylic acid groups (broad SMARTS) is 1. The van der Waals surface area contributed by atoms with E-state index in [4.69, 9.17) is 5.11 Å². The Balaban J connectivity index is 0. The van der Waals surface area contributed by atoms with Crippen LogP contribution in [0.4, 0.5) is 0 Å². The van der Waals surface area contributed by atoms with Crippen LogP contribution in [0.2, 0.25) is 0 Å². The highest BCUT2D eigenvalue weighted by molar-refractivity contribution is 5.85. The zero-order chi connectivity index (χ0) is 11.6. The van der Waals surface area contributed by atoms with Gasteiger partial charge in [-0.2, -0.15) is 0 Å². The lowest BCUT2D eigenvalue weighted by molar-refractivity contribution is -0.132. The Kier molecular flexibility index (Phi) is 10.6. The molecule has 0 fully saturated rings. The molecule has 0 aromatic rings. The van der Waals surface area contributed by atoms with Crippen LogP contribution in [0.3, 0.4) is 0 Å². The largest absolute Gasteiger partial charge is 0.478 e. The number of aliphatic carboxylic acids is 1. The van der Waals surface area contributed by atoms with Crippen LogP contribution in [0.1, 0.15) is 34.1 Å². The predicted molar refractivity (Wildman–Crippen MR) is 56.0 cm³/mol. The molecule has 0 saturated heterocycles. The lowest BCUT2D eigenvalue weighted by Crippen LogP contribution is -2.20. The smallest absolute Gasteiger partial charge is 0.331 e. The Hall–Kier alpha value is -1.32. The summed E-state index contributed by atoms with van der Waals surface area (Å²) in [6.07, 6.45) is 2.70. The van der Waals surface area contributed by atoms with Gasteiger partial charge in [0.05, 0.1) is 0 Å². The summed E-state index contributed by atoms with van der Waals surface area (Å²) in [6.45, 7) is 7.38. The van der Waals surface area contributed by atoms with Gasteiger partial charge in [-0.25, -0.2) is 4.79 Å². The quantitative estimate of drug-likeness (QED) is 0.681. The second-order valence-corrected chi connectivity index (χ2v) is 2.84. The Morgan fingerprint density at radius 2 is 1.71 bits per heavy atom. The minimum absolute atomic E-state index is 0.167. The standard InChI is InChI=1S/C7H11NO3.C3H8/c1-5(7(10)11)3-4-8-6(2)9;1-3-2/h3H,4H2,1-2H3,(H,8,9)(H,10,11);3H2,1-2H3/b5-3+;. The van der Waals surface area contributed by atoms with Crippen LogP contribution in [-0.2, 0) is 9.59 Å². The summed E-state index contributed by atoms with van der Waals surface area (Å²) in [5.74, 6) is -1.13. The predicted octanol–water partition coefficient (Wildman–Crippen LogP) is 1.57. The van der Waals surface area contributed by atoms with Gasteiger partial charge in [0.1, 0.15) is 0 Å². The van der Waals surface area contributed by atoms with Crippen LogP contribution in [0.5, 0.6) is 0 Å². The highest BCUT2D eigenvalue weighted by atomic mass is 16.4. The molecule has 1 amide bonds. The second kappa shape index (κ2) is 9.77. The highest BCUT2D eigenvalue weighted by Gasteiger charge is 1.97. The first-order chi connectivity index (χ1) is 6.45. The Labute approximate surface area is 85.0 Å². The maximum atomic E-state index is 10.3. The first-order valence-corrected chi connectivity index (χ1v) is 4.60. The van der Waals surface area contributed by atoms with Gasteiger partial charge in [0.15, 0.2) is 0 Å². The van der Waals surface area contributed by atoms with Crippen molar-refractivity contribution >= 4 is 11.9 Å². The zero-order valence-corrected chi connectivity index (χ0v) is 9.26. The van der Waals surface area contributed by atoms with E-state index in [0.717, 1.165) is 0 Å². The number of rotatable bonds is 3. The first kappa shape index (κ1) is 15.2.